The molecule has 6 heteroatoms. The molecule has 2 N–H and O–H groups in total. The van der Waals surface area contributed by atoms with Crippen molar-refractivity contribution in [2.24, 2.45) is 0 Å². The Morgan fingerprint density at radius 3 is 2.64 bits per heavy atom. The van der Waals surface area contributed by atoms with Crippen LogP contribution in [-0.4, -0.2) is 24.0 Å². The van der Waals surface area contributed by atoms with Crippen LogP contribution in [0.5, 0.6) is 11.5 Å². The molecule has 0 aromatic heterocycles. The van der Waals surface area contributed by atoms with E-state index in [1.165, 1.54) is 6.07 Å². The Kier molecular flexibility index (Phi) is 4.07. The first-order valence-electron chi connectivity index (χ1n) is 4.08. The van der Waals surface area contributed by atoms with Crippen LogP contribution in [0.1, 0.15) is 6.92 Å². The van der Waals surface area contributed by atoms with Gasteiger partial charge < -0.3 is 19.4 Å². The van der Waals surface area contributed by atoms with Crippen molar-refractivity contribution < 1.29 is 19.4 Å². The van der Waals surface area contributed by atoms with Gasteiger partial charge in [-0.1, -0.05) is 11.6 Å². The summed E-state index contributed by atoms with van der Waals surface area (Å²) in [5.74, 6) is 0.624. The summed E-state index contributed by atoms with van der Waals surface area (Å²) in [4.78, 5) is 0. The molecule has 1 aromatic rings. The lowest BCUT2D eigenvalue weighted by molar-refractivity contribution is 0.271. The highest BCUT2D eigenvalue weighted by molar-refractivity contribution is 6.34. The van der Waals surface area contributed by atoms with E-state index in [4.69, 9.17) is 26.4 Å². The maximum Gasteiger partial charge on any atom is 0.707 e. The number of hydrogen-bond acceptors (Lipinski definition) is 4. The van der Waals surface area contributed by atoms with Crippen molar-refractivity contribution in [2.75, 3.05) is 6.61 Å². The third-order valence-electron chi connectivity index (χ3n) is 1.44. The van der Waals surface area contributed by atoms with Crippen LogP contribution >= 0.6 is 11.6 Å². The first kappa shape index (κ1) is 11.2. The second-order valence-corrected chi connectivity index (χ2v) is 2.90. The summed E-state index contributed by atoms with van der Waals surface area (Å²) < 4.78 is 9.87. The van der Waals surface area contributed by atoms with Gasteiger partial charge in [0.2, 0.25) is 0 Å². The summed E-state index contributed by atoms with van der Waals surface area (Å²) in [5.41, 5.74) is 0. The van der Waals surface area contributed by atoms with Gasteiger partial charge in [-0.05, 0) is 19.1 Å². The first-order valence-corrected chi connectivity index (χ1v) is 4.46. The summed E-state index contributed by atoms with van der Waals surface area (Å²) in [7, 11) is -1.87. The molecule has 0 saturated carbocycles. The van der Waals surface area contributed by atoms with E-state index in [-0.39, 0.29) is 5.75 Å². The van der Waals surface area contributed by atoms with Crippen LogP contribution < -0.4 is 9.39 Å². The predicted octanol–water partition coefficient (Wildman–Crippen LogP) is 1.09. The number of rotatable bonds is 4. The molecule has 0 amide bonds. The lowest BCUT2D eigenvalue weighted by atomic mass is 10.2. The molecular formula is C8H10BClO4. The minimum Gasteiger partial charge on any atom is -0.509 e. The molecule has 0 radical (unpaired) electrons. The normalized spacial score (nSPS) is 9.71. The third kappa shape index (κ3) is 3.10. The van der Waals surface area contributed by atoms with E-state index in [0.29, 0.717) is 17.4 Å². The fraction of sp³-hybridized carbons (Fsp3) is 0.250. The van der Waals surface area contributed by atoms with Crippen LogP contribution in [0.4, 0.5) is 0 Å². The smallest absolute Gasteiger partial charge is 0.509 e. The van der Waals surface area contributed by atoms with E-state index in [0.717, 1.165) is 0 Å². The quantitative estimate of drug-likeness (QED) is 0.740. The van der Waals surface area contributed by atoms with Gasteiger partial charge in [0.25, 0.3) is 0 Å². The SMILES string of the molecule is CCOc1cc(Cl)ccc1OB(O)O. The Labute approximate surface area is 87.2 Å². The molecule has 0 atom stereocenters. The Bertz CT molecular complexity index is 305. The Morgan fingerprint density at radius 2 is 2.07 bits per heavy atom. The van der Waals surface area contributed by atoms with Crippen molar-refractivity contribution in [3.8, 4) is 11.5 Å². The maximum absolute atomic E-state index is 8.61. The molecule has 1 rings (SSSR count). The Hall–Kier alpha value is -0.905. The van der Waals surface area contributed by atoms with Crippen molar-refractivity contribution in [3.05, 3.63) is 23.2 Å². The fourth-order valence-electron chi connectivity index (χ4n) is 0.961. The van der Waals surface area contributed by atoms with Gasteiger partial charge >= 0.3 is 7.32 Å². The van der Waals surface area contributed by atoms with Gasteiger partial charge in [-0.25, -0.2) is 0 Å². The second-order valence-electron chi connectivity index (χ2n) is 2.47. The Morgan fingerprint density at radius 1 is 1.36 bits per heavy atom. The molecule has 0 heterocycles. The minimum absolute atomic E-state index is 0.242. The topological polar surface area (TPSA) is 58.9 Å². The van der Waals surface area contributed by atoms with E-state index >= 15 is 0 Å². The molecule has 76 valence electrons. The predicted molar refractivity (Wildman–Crippen MR) is 53.4 cm³/mol. The summed E-state index contributed by atoms with van der Waals surface area (Å²) in [5, 5.41) is 17.7. The summed E-state index contributed by atoms with van der Waals surface area (Å²) in [6, 6.07) is 4.62. The van der Waals surface area contributed by atoms with Crippen LogP contribution in [0, 0.1) is 0 Å². The molecule has 0 aliphatic carbocycles. The molecule has 0 bridgehead atoms. The van der Waals surface area contributed by atoms with Gasteiger partial charge in [0.05, 0.1) is 6.61 Å². The van der Waals surface area contributed by atoms with Crippen molar-refractivity contribution in [2.45, 2.75) is 6.92 Å². The van der Waals surface area contributed by atoms with Gasteiger partial charge in [0.15, 0.2) is 5.75 Å². The molecule has 1 aromatic carbocycles. The zero-order chi connectivity index (χ0) is 10.6. The van der Waals surface area contributed by atoms with Crippen LogP contribution in [0.2, 0.25) is 5.02 Å². The molecule has 0 unspecified atom stereocenters. The number of ether oxygens (including phenoxy) is 1. The van der Waals surface area contributed by atoms with Gasteiger partial charge in [-0.15, -0.1) is 0 Å². The summed E-state index contributed by atoms with van der Waals surface area (Å²) in [6.07, 6.45) is 0. The van der Waals surface area contributed by atoms with Crippen LogP contribution in [0.15, 0.2) is 18.2 Å². The van der Waals surface area contributed by atoms with Crippen molar-refractivity contribution in [1.82, 2.24) is 0 Å². The van der Waals surface area contributed by atoms with Gasteiger partial charge in [0.1, 0.15) is 5.75 Å². The van der Waals surface area contributed by atoms with E-state index in [2.05, 4.69) is 4.65 Å². The summed E-state index contributed by atoms with van der Waals surface area (Å²) in [6.45, 7) is 2.25. The standard InChI is InChI=1S/C8H10BClO4/c1-2-13-8-5-6(10)3-4-7(8)14-9(11)12/h3-5,11-12H,2H2,1H3. The van der Waals surface area contributed by atoms with Gasteiger partial charge in [0, 0.05) is 11.1 Å². The van der Waals surface area contributed by atoms with E-state index in [9.17, 15) is 0 Å². The average molecular weight is 216 g/mol. The minimum atomic E-state index is -1.87. The van der Waals surface area contributed by atoms with Crippen molar-refractivity contribution in [3.63, 3.8) is 0 Å². The molecule has 4 nitrogen and oxygen atoms in total. The molecule has 0 spiro atoms. The van der Waals surface area contributed by atoms with E-state index < -0.39 is 7.32 Å². The average Bonchev–Trinajstić information content (AvgIpc) is 2.09. The molecule has 0 aliphatic heterocycles. The molecule has 14 heavy (non-hydrogen) atoms. The highest BCUT2D eigenvalue weighted by atomic mass is 35.5. The molecule has 0 fully saturated rings. The maximum atomic E-state index is 8.61. The van der Waals surface area contributed by atoms with E-state index in [1.54, 1.807) is 19.1 Å². The molecule has 0 saturated heterocycles. The van der Waals surface area contributed by atoms with Crippen molar-refractivity contribution >= 4 is 18.9 Å². The van der Waals surface area contributed by atoms with Crippen LogP contribution in [-0.2, 0) is 0 Å². The summed E-state index contributed by atoms with van der Waals surface area (Å²) >= 11 is 5.73. The van der Waals surface area contributed by atoms with Gasteiger partial charge in [-0.3, -0.25) is 0 Å². The molecule has 0 aliphatic rings. The highest BCUT2D eigenvalue weighted by Crippen LogP contribution is 2.30. The lowest BCUT2D eigenvalue weighted by Crippen LogP contribution is -2.21. The third-order valence-corrected chi connectivity index (χ3v) is 1.67. The van der Waals surface area contributed by atoms with Crippen LogP contribution in [0.3, 0.4) is 0 Å². The van der Waals surface area contributed by atoms with Crippen molar-refractivity contribution in [1.29, 1.82) is 0 Å². The van der Waals surface area contributed by atoms with Gasteiger partial charge in [-0.2, -0.15) is 0 Å². The molecular weight excluding hydrogens is 206 g/mol. The zero-order valence-electron chi connectivity index (χ0n) is 7.61. The fourth-order valence-corrected chi connectivity index (χ4v) is 1.12. The van der Waals surface area contributed by atoms with Crippen LogP contribution in [0.25, 0.3) is 0 Å². The zero-order valence-corrected chi connectivity index (χ0v) is 8.36. The lowest BCUT2D eigenvalue weighted by Gasteiger charge is -2.11. The first-order chi connectivity index (χ1) is 6.63. The number of benzene rings is 1. The van der Waals surface area contributed by atoms with E-state index in [1.807, 2.05) is 0 Å². The monoisotopic (exact) mass is 216 g/mol. The Balaban J connectivity index is 2.89. The highest BCUT2D eigenvalue weighted by Gasteiger charge is 2.15. The number of hydrogen-bond donors (Lipinski definition) is 2. The largest absolute Gasteiger partial charge is 0.707 e. The second kappa shape index (κ2) is 5.09. The number of halogens is 1.